The van der Waals surface area contributed by atoms with E-state index in [2.05, 4.69) is 12.2 Å². The van der Waals surface area contributed by atoms with E-state index >= 15 is 0 Å². The molecule has 1 aliphatic rings. The monoisotopic (exact) mass is 168 g/mol. The van der Waals surface area contributed by atoms with Crippen molar-refractivity contribution < 1.29 is 5.11 Å². The lowest BCUT2D eigenvalue weighted by Gasteiger charge is -2.17. The number of nitrogens with two attached hydrogens (primary N) is 1. The highest BCUT2D eigenvalue weighted by Gasteiger charge is 2.09. The highest BCUT2D eigenvalue weighted by Crippen LogP contribution is 2.11. The predicted octanol–water partition coefficient (Wildman–Crippen LogP) is 0.128. The van der Waals surface area contributed by atoms with Crippen molar-refractivity contribution in [2.75, 3.05) is 6.54 Å². The van der Waals surface area contributed by atoms with Crippen molar-refractivity contribution in [3.05, 3.63) is 23.8 Å². The van der Waals surface area contributed by atoms with E-state index in [9.17, 15) is 0 Å². The Morgan fingerprint density at radius 3 is 3.00 bits per heavy atom. The lowest BCUT2D eigenvalue weighted by Crippen LogP contribution is -2.29. The molecule has 2 unspecified atom stereocenters. The van der Waals surface area contributed by atoms with Gasteiger partial charge in [-0.25, -0.2) is 0 Å². The van der Waals surface area contributed by atoms with E-state index in [-0.39, 0.29) is 0 Å². The first-order chi connectivity index (χ1) is 5.74. The Labute approximate surface area is 73.0 Å². The molecular formula is C9H16N2O. The predicted molar refractivity (Wildman–Crippen MR) is 49.5 cm³/mol. The van der Waals surface area contributed by atoms with E-state index in [1.165, 1.54) is 0 Å². The summed E-state index contributed by atoms with van der Waals surface area (Å²) < 4.78 is 0. The minimum absolute atomic E-state index is 0.400. The maximum Gasteiger partial charge on any atom is 0.128 e. The van der Waals surface area contributed by atoms with E-state index in [1.54, 1.807) is 0 Å². The van der Waals surface area contributed by atoms with Gasteiger partial charge in [0.25, 0.3) is 0 Å². The molecule has 0 aromatic carbocycles. The molecule has 0 heterocycles. The SMILES string of the molecule is CCNC1C=CC(C(N)O)=CC1. The minimum Gasteiger partial charge on any atom is -0.375 e. The number of aliphatic hydroxyl groups is 1. The Kier molecular flexibility index (Phi) is 3.47. The van der Waals surface area contributed by atoms with Gasteiger partial charge in [-0.05, 0) is 18.5 Å². The van der Waals surface area contributed by atoms with Gasteiger partial charge in [0, 0.05) is 6.04 Å². The van der Waals surface area contributed by atoms with E-state index in [0.717, 1.165) is 18.5 Å². The Bertz CT molecular complexity index is 197. The lowest BCUT2D eigenvalue weighted by atomic mass is 10.0. The van der Waals surface area contributed by atoms with Gasteiger partial charge < -0.3 is 16.2 Å². The largest absolute Gasteiger partial charge is 0.375 e. The van der Waals surface area contributed by atoms with Crippen molar-refractivity contribution in [3.63, 3.8) is 0 Å². The molecule has 0 aliphatic heterocycles. The fraction of sp³-hybridized carbons (Fsp3) is 0.556. The van der Waals surface area contributed by atoms with Gasteiger partial charge in [-0.3, -0.25) is 0 Å². The Hall–Kier alpha value is -0.640. The van der Waals surface area contributed by atoms with Crippen LogP contribution in [0.1, 0.15) is 13.3 Å². The summed E-state index contributed by atoms with van der Waals surface area (Å²) in [5.41, 5.74) is 6.11. The quantitative estimate of drug-likeness (QED) is 0.525. The summed E-state index contributed by atoms with van der Waals surface area (Å²) in [5, 5.41) is 12.3. The van der Waals surface area contributed by atoms with Crippen LogP contribution in [0.15, 0.2) is 23.8 Å². The van der Waals surface area contributed by atoms with Crippen molar-refractivity contribution in [2.45, 2.75) is 25.6 Å². The van der Waals surface area contributed by atoms with Crippen LogP contribution in [-0.4, -0.2) is 23.9 Å². The van der Waals surface area contributed by atoms with Crippen LogP contribution < -0.4 is 11.1 Å². The van der Waals surface area contributed by atoms with E-state index in [0.29, 0.717) is 6.04 Å². The van der Waals surface area contributed by atoms with Crippen molar-refractivity contribution in [1.82, 2.24) is 5.32 Å². The molecule has 1 aliphatic carbocycles. The van der Waals surface area contributed by atoms with Crippen molar-refractivity contribution in [2.24, 2.45) is 5.73 Å². The van der Waals surface area contributed by atoms with Crippen LogP contribution in [0, 0.1) is 0 Å². The summed E-state index contributed by atoms with van der Waals surface area (Å²) >= 11 is 0. The molecule has 0 fully saturated rings. The molecule has 2 atom stereocenters. The number of likely N-dealkylation sites (N-methyl/N-ethyl adjacent to an activating group) is 1. The molecule has 4 N–H and O–H groups in total. The van der Waals surface area contributed by atoms with Crippen LogP contribution in [0.5, 0.6) is 0 Å². The van der Waals surface area contributed by atoms with Crippen LogP contribution in [-0.2, 0) is 0 Å². The summed E-state index contributed by atoms with van der Waals surface area (Å²) in [6, 6.07) is 0.400. The summed E-state index contributed by atoms with van der Waals surface area (Å²) in [6.45, 7) is 3.04. The highest BCUT2D eigenvalue weighted by molar-refractivity contribution is 5.27. The molecule has 12 heavy (non-hydrogen) atoms. The highest BCUT2D eigenvalue weighted by atomic mass is 16.3. The average Bonchev–Trinajstić information content (AvgIpc) is 2.06. The first-order valence-electron chi connectivity index (χ1n) is 4.29. The number of hydrogen-bond acceptors (Lipinski definition) is 3. The molecular weight excluding hydrogens is 152 g/mol. The minimum atomic E-state index is -0.830. The second-order valence-electron chi connectivity index (χ2n) is 2.91. The lowest BCUT2D eigenvalue weighted by molar-refractivity contribution is 0.222. The maximum absolute atomic E-state index is 9.03. The molecule has 0 bridgehead atoms. The fourth-order valence-corrected chi connectivity index (χ4v) is 1.27. The second kappa shape index (κ2) is 4.40. The van der Waals surface area contributed by atoms with Gasteiger partial charge in [0.1, 0.15) is 6.23 Å². The van der Waals surface area contributed by atoms with Gasteiger partial charge >= 0.3 is 0 Å². The summed E-state index contributed by atoms with van der Waals surface area (Å²) in [4.78, 5) is 0. The molecule has 0 saturated heterocycles. The van der Waals surface area contributed by atoms with Crippen LogP contribution in [0.2, 0.25) is 0 Å². The third kappa shape index (κ3) is 2.44. The number of hydrogen-bond donors (Lipinski definition) is 3. The smallest absolute Gasteiger partial charge is 0.128 e. The molecule has 3 nitrogen and oxygen atoms in total. The summed E-state index contributed by atoms with van der Waals surface area (Å²) in [6.07, 6.45) is 5.96. The molecule has 68 valence electrons. The maximum atomic E-state index is 9.03. The summed E-state index contributed by atoms with van der Waals surface area (Å²) in [7, 11) is 0. The fourth-order valence-electron chi connectivity index (χ4n) is 1.27. The molecule has 3 heteroatoms. The third-order valence-electron chi connectivity index (χ3n) is 1.94. The van der Waals surface area contributed by atoms with Crippen molar-refractivity contribution in [1.29, 1.82) is 0 Å². The van der Waals surface area contributed by atoms with Gasteiger partial charge in [0.15, 0.2) is 0 Å². The zero-order valence-corrected chi connectivity index (χ0v) is 7.33. The zero-order valence-electron chi connectivity index (χ0n) is 7.33. The van der Waals surface area contributed by atoms with Gasteiger partial charge in [-0.2, -0.15) is 0 Å². The molecule has 0 spiro atoms. The van der Waals surface area contributed by atoms with Gasteiger partial charge in [-0.15, -0.1) is 0 Å². The average molecular weight is 168 g/mol. The summed E-state index contributed by atoms with van der Waals surface area (Å²) in [5.74, 6) is 0. The van der Waals surface area contributed by atoms with E-state index < -0.39 is 6.23 Å². The van der Waals surface area contributed by atoms with Gasteiger partial charge in [-0.1, -0.05) is 25.2 Å². The first kappa shape index (κ1) is 9.45. The normalized spacial score (nSPS) is 25.2. The molecule has 0 amide bonds. The molecule has 0 saturated carbocycles. The number of rotatable bonds is 3. The molecule has 0 radical (unpaired) electrons. The van der Waals surface area contributed by atoms with Crippen LogP contribution in [0.3, 0.4) is 0 Å². The van der Waals surface area contributed by atoms with Crippen molar-refractivity contribution in [3.8, 4) is 0 Å². The zero-order chi connectivity index (χ0) is 8.97. The van der Waals surface area contributed by atoms with E-state index in [4.69, 9.17) is 10.8 Å². The standard InChI is InChI=1S/C9H16N2O/c1-2-11-8-5-3-7(4-6-8)9(10)12/h3-5,8-9,11-12H,2,6,10H2,1H3. The Balaban J connectivity index is 2.44. The van der Waals surface area contributed by atoms with Crippen LogP contribution in [0.25, 0.3) is 0 Å². The number of aliphatic hydroxyl groups excluding tert-OH is 1. The Morgan fingerprint density at radius 2 is 2.58 bits per heavy atom. The molecule has 0 aromatic heterocycles. The van der Waals surface area contributed by atoms with Crippen molar-refractivity contribution >= 4 is 0 Å². The third-order valence-corrected chi connectivity index (χ3v) is 1.94. The van der Waals surface area contributed by atoms with Crippen LogP contribution >= 0.6 is 0 Å². The molecule has 1 rings (SSSR count). The van der Waals surface area contributed by atoms with Gasteiger partial charge in [0.05, 0.1) is 0 Å². The topological polar surface area (TPSA) is 58.3 Å². The second-order valence-corrected chi connectivity index (χ2v) is 2.91. The number of nitrogens with one attached hydrogen (secondary N) is 1. The Morgan fingerprint density at radius 1 is 1.83 bits per heavy atom. The van der Waals surface area contributed by atoms with Gasteiger partial charge in [0.2, 0.25) is 0 Å². The first-order valence-corrected chi connectivity index (χ1v) is 4.29. The van der Waals surface area contributed by atoms with E-state index in [1.807, 2.05) is 18.2 Å². The van der Waals surface area contributed by atoms with Crippen LogP contribution in [0.4, 0.5) is 0 Å². The molecule has 0 aromatic rings.